The Kier molecular flexibility index (Phi) is 16.8. The molecule has 2 N–H and O–H groups in total. The fraction of sp³-hybridized carbons (Fsp3) is 0.941. The van der Waals surface area contributed by atoms with E-state index < -0.39 is 6.09 Å². The fourth-order valence-electron chi connectivity index (χ4n) is 1.58. The summed E-state index contributed by atoms with van der Waals surface area (Å²) in [5.41, 5.74) is -0.311. The molecule has 0 fully saturated rings. The van der Waals surface area contributed by atoms with Crippen molar-refractivity contribution in [2.24, 2.45) is 0 Å². The van der Waals surface area contributed by atoms with Gasteiger partial charge in [0.25, 0.3) is 0 Å². The first kappa shape index (κ1) is 25.0. The number of carbonyl (C=O) groups is 1. The molecule has 0 rings (SSSR count). The molecule has 0 saturated carbocycles. The Morgan fingerprint density at radius 2 is 1.04 bits per heavy atom. The van der Waals surface area contributed by atoms with E-state index >= 15 is 0 Å². The van der Waals surface area contributed by atoms with E-state index in [1.165, 1.54) is 0 Å². The Labute approximate surface area is 156 Å². The molecule has 0 aliphatic carbocycles. The number of amides is 1. The summed E-state index contributed by atoms with van der Waals surface area (Å²) in [6, 6.07) is 0. The Morgan fingerprint density at radius 1 is 0.692 bits per heavy atom. The van der Waals surface area contributed by atoms with Gasteiger partial charge in [0.15, 0.2) is 0 Å². The van der Waals surface area contributed by atoms with Crippen molar-refractivity contribution >= 4 is 6.09 Å². The predicted octanol–water partition coefficient (Wildman–Crippen LogP) is 0.586. The smallest absolute Gasteiger partial charge is 0.407 e. The normalized spacial score (nSPS) is 11.5. The lowest BCUT2D eigenvalue weighted by atomic mass is 10.1. The number of ether oxygens (including phenoxy) is 6. The number of carbonyl (C=O) groups excluding carboxylic acids is 1. The molecule has 9 heteroatoms. The van der Waals surface area contributed by atoms with Gasteiger partial charge in [0.1, 0.15) is 6.61 Å². The van der Waals surface area contributed by atoms with E-state index in [1.807, 2.05) is 20.8 Å². The van der Waals surface area contributed by atoms with E-state index in [1.54, 1.807) is 0 Å². The molecule has 1 amide bonds. The second kappa shape index (κ2) is 17.4. The van der Waals surface area contributed by atoms with Crippen LogP contribution in [0.15, 0.2) is 0 Å². The molecule has 26 heavy (non-hydrogen) atoms. The lowest BCUT2D eigenvalue weighted by Gasteiger charge is -2.19. The SMILES string of the molecule is CC(C)(C)NC(=O)OCCOCCOCCOCCOCCOCCO. The summed E-state index contributed by atoms with van der Waals surface area (Å²) >= 11 is 0. The fourth-order valence-corrected chi connectivity index (χ4v) is 1.58. The van der Waals surface area contributed by atoms with Crippen LogP contribution in [0, 0.1) is 0 Å². The summed E-state index contributed by atoms with van der Waals surface area (Å²) < 4.78 is 31.3. The molecule has 0 aliphatic rings. The first-order valence-electron chi connectivity index (χ1n) is 8.90. The van der Waals surface area contributed by atoms with Gasteiger partial charge in [-0.25, -0.2) is 4.79 Å². The third-order valence-electron chi connectivity index (χ3n) is 2.66. The van der Waals surface area contributed by atoms with Crippen LogP contribution < -0.4 is 5.32 Å². The molecule has 0 spiro atoms. The molecule has 156 valence electrons. The summed E-state index contributed by atoms with van der Waals surface area (Å²) in [4.78, 5) is 11.4. The Balaban J connectivity index is 3.12. The number of rotatable bonds is 17. The van der Waals surface area contributed by atoms with Crippen molar-refractivity contribution < 1.29 is 38.3 Å². The molecule has 0 unspecified atom stereocenters. The van der Waals surface area contributed by atoms with E-state index in [2.05, 4.69) is 5.32 Å². The number of nitrogens with one attached hydrogen (secondary N) is 1. The summed E-state index contributed by atoms with van der Waals surface area (Å²) in [6.07, 6.45) is -0.448. The number of aliphatic hydroxyl groups excluding tert-OH is 1. The molecule has 0 radical (unpaired) electrons. The number of alkyl carbamates (subject to hydrolysis) is 1. The quantitative estimate of drug-likeness (QED) is 0.353. The first-order valence-corrected chi connectivity index (χ1v) is 8.90. The Bertz CT molecular complexity index is 322. The van der Waals surface area contributed by atoms with Crippen LogP contribution in [0.3, 0.4) is 0 Å². The van der Waals surface area contributed by atoms with Crippen molar-refractivity contribution in [1.29, 1.82) is 0 Å². The third-order valence-corrected chi connectivity index (χ3v) is 2.66. The number of hydrogen-bond donors (Lipinski definition) is 2. The van der Waals surface area contributed by atoms with Crippen LogP contribution in [0.25, 0.3) is 0 Å². The second-order valence-corrected chi connectivity index (χ2v) is 6.30. The van der Waals surface area contributed by atoms with Crippen LogP contribution >= 0.6 is 0 Å². The van der Waals surface area contributed by atoms with Gasteiger partial charge in [0, 0.05) is 5.54 Å². The monoisotopic (exact) mass is 381 g/mol. The summed E-state index contributed by atoms with van der Waals surface area (Å²) in [5, 5.41) is 11.2. The zero-order chi connectivity index (χ0) is 19.5. The number of aliphatic hydroxyl groups is 1. The van der Waals surface area contributed by atoms with Crippen LogP contribution in [0.2, 0.25) is 0 Å². The van der Waals surface area contributed by atoms with Crippen LogP contribution in [0.4, 0.5) is 4.79 Å². The molecule has 0 heterocycles. The van der Waals surface area contributed by atoms with Gasteiger partial charge < -0.3 is 38.8 Å². The predicted molar refractivity (Wildman–Crippen MR) is 95.4 cm³/mol. The molecular weight excluding hydrogens is 346 g/mol. The maximum atomic E-state index is 11.4. The molecule has 9 nitrogen and oxygen atoms in total. The molecular formula is C17H35NO8. The van der Waals surface area contributed by atoms with Gasteiger partial charge in [-0.2, -0.15) is 0 Å². The summed E-state index contributed by atoms with van der Waals surface area (Å²) in [7, 11) is 0. The van der Waals surface area contributed by atoms with Gasteiger partial charge >= 0.3 is 6.09 Å². The van der Waals surface area contributed by atoms with Crippen molar-refractivity contribution in [3.8, 4) is 0 Å². The maximum absolute atomic E-state index is 11.4. The first-order chi connectivity index (χ1) is 12.5. The Hall–Kier alpha value is -0.970. The topological polar surface area (TPSA) is 105 Å². The van der Waals surface area contributed by atoms with Crippen molar-refractivity contribution in [3.63, 3.8) is 0 Å². The minimum Gasteiger partial charge on any atom is -0.447 e. The highest BCUT2D eigenvalue weighted by Crippen LogP contribution is 1.98. The molecule has 0 atom stereocenters. The minimum atomic E-state index is -0.448. The highest BCUT2D eigenvalue weighted by atomic mass is 16.6. The van der Waals surface area contributed by atoms with Crippen LogP contribution in [0.1, 0.15) is 20.8 Å². The largest absolute Gasteiger partial charge is 0.447 e. The summed E-state index contributed by atoms with van der Waals surface area (Å²) in [6.45, 7) is 10.3. The van der Waals surface area contributed by atoms with Gasteiger partial charge in [-0.3, -0.25) is 0 Å². The molecule has 0 aliphatic heterocycles. The van der Waals surface area contributed by atoms with Crippen LogP contribution in [-0.4, -0.2) is 96.0 Å². The minimum absolute atomic E-state index is 0.0243. The highest BCUT2D eigenvalue weighted by molar-refractivity contribution is 5.67. The van der Waals surface area contributed by atoms with Gasteiger partial charge in [-0.1, -0.05) is 0 Å². The molecule has 0 aromatic carbocycles. The third kappa shape index (κ3) is 21.1. The lowest BCUT2D eigenvalue weighted by Crippen LogP contribution is -2.41. The van der Waals surface area contributed by atoms with Crippen LogP contribution in [-0.2, 0) is 28.4 Å². The molecule has 0 aromatic heterocycles. The van der Waals surface area contributed by atoms with E-state index in [0.29, 0.717) is 66.1 Å². The van der Waals surface area contributed by atoms with Crippen molar-refractivity contribution in [3.05, 3.63) is 0 Å². The Morgan fingerprint density at radius 3 is 1.38 bits per heavy atom. The standard InChI is InChI=1S/C17H35NO8/c1-17(2,3)18-16(20)26-15-14-25-13-12-24-11-10-23-9-8-22-7-6-21-5-4-19/h19H,4-15H2,1-3H3,(H,18,20). The number of hydrogen-bond acceptors (Lipinski definition) is 8. The van der Waals surface area contributed by atoms with Gasteiger partial charge in [-0.05, 0) is 20.8 Å². The zero-order valence-electron chi connectivity index (χ0n) is 16.3. The van der Waals surface area contributed by atoms with Crippen molar-refractivity contribution in [2.75, 3.05) is 79.3 Å². The van der Waals surface area contributed by atoms with Gasteiger partial charge in [0.05, 0.1) is 72.7 Å². The van der Waals surface area contributed by atoms with E-state index in [0.717, 1.165) is 0 Å². The highest BCUT2D eigenvalue weighted by Gasteiger charge is 2.14. The maximum Gasteiger partial charge on any atom is 0.407 e. The lowest BCUT2D eigenvalue weighted by molar-refractivity contribution is -0.0157. The average Bonchev–Trinajstić information content (AvgIpc) is 2.56. The van der Waals surface area contributed by atoms with Gasteiger partial charge in [0.2, 0.25) is 0 Å². The van der Waals surface area contributed by atoms with Crippen molar-refractivity contribution in [2.45, 2.75) is 26.3 Å². The van der Waals surface area contributed by atoms with E-state index in [4.69, 9.17) is 33.5 Å². The van der Waals surface area contributed by atoms with E-state index in [-0.39, 0.29) is 18.8 Å². The zero-order valence-corrected chi connectivity index (χ0v) is 16.3. The van der Waals surface area contributed by atoms with Gasteiger partial charge in [-0.15, -0.1) is 0 Å². The van der Waals surface area contributed by atoms with E-state index in [9.17, 15) is 4.79 Å². The molecule has 0 aromatic rings. The summed E-state index contributed by atoms with van der Waals surface area (Å²) in [5.74, 6) is 0. The molecule has 0 bridgehead atoms. The second-order valence-electron chi connectivity index (χ2n) is 6.30. The molecule has 0 saturated heterocycles. The van der Waals surface area contributed by atoms with Crippen LogP contribution in [0.5, 0.6) is 0 Å². The van der Waals surface area contributed by atoms with Crippen molar-refractivity contribution in [1.82, 2.24) is 5.32 Å². The average molecular weight is 381 g/mol.